The number of hydrogen-bond donors (Lipinski definition) is 2. The van der Waals surface area contributed by atoms with Crippen molar-refractivity contribution in [2.24, 2.45) is 0 Å². The number of carbonyl (C=O) groups is 3. The van der Waals surface area contributed by atoms with E-state index >= 15 is 0 Å². The molecule has 2 amide bonds. The van der Waals surface area contributed by atoms with Crippen molar-refractivity contribution in [3.63, 3.8) is 0 Å². The molecule has 12 nitrogen and oxygen atoms in total. The Morgan fingerprint density at radius 1 is 0.811 bits per heavy atom. The third kappa shape index (κ3) is 16.8. The molecule has 2 N–H and O–H groups in total. The molecule has 0 aliphatic rings. The largest absolute Gasteiger partial charge is 0.460 e. The first-order valence-corrected chi connectivity index (χ1v) is 11.6. The minimum absolute atomic E-state index is 0.0513. The molecular weight excluding hydrogens is 488 g/mol. The van der Waals surface area contributed by atoms with Crippen molar-refractivity contribution in [3.05, 3.63) is 60.7 Å². The first-order valence-electron chi connectivity index (χ1n) is 11.6. The lowest BCUT2D eigenvalue weighted by molar-refractivity contribution is -0.139. The zero-order valence-corrected chi connectivity index (χ0v) is 21.1. The maximum Gasteiger partial charge on any atom is 0.407 e. The number of benzene rings is 1. The third-order valence-corrected chi connectivity index (χ3v) is 4.36. The van der Waals surface area contributed by atoms with Crippen LogP contribution in [0.1, 0.15) is 11.1 Å². The lowest BCUT2D eigenvalue weighted by Crippen LogP contribution is -2.26. The van der Waals surface area contributed by atoms with Gasteiger partial charge in [-0.05, 0) is 17.2 Å². The molecule has 0 spiro atoms. The fourth-order valence-electron chi connectivity index (χ4n) is 2.61. The fourth-order valence-corrected chi connectivity index (χ4v) is 2.61. The van der Waals surface area contributed by atoms with Crippen molar-refractivity contribution in [1.82, 2.24) is 10.6 Å². The minimum atomic E-state index is -0.596. The Hall–Kier alpha value is -3.45. The summed E-state index contributed by atoms with van der Waals surface area (Å²) in [6.45, 7) is 8.84. The van der Waals surface area contributed by atoms with E-state index in [2.05, 4.69) is 23.8 Å². The van der Waals surface area contributed by atoms with Crippen LogP contribution >= 0.6 is 0 Å². The van der Waals surface area contributed by atoms with Crippen LogP contribution in [0.2, 0.25) is 0 Å². The molecule has 1 rings (SSSR count). The van der Waals surface area contributed by atoms with Gasteiger partial charge in [-0.2, -0.15) is 0 Å². The molecule has 37 heavy (non-hydrogen) atoms. The highest BCUT2D eigenvalue weighted by atomic mass is 16.7. The van der Waals surface area contributed by atoms with E-state index in [-0.39, 0.29) is 52.7 Å². The smallest absolute Gasteiger partial charge is 0.407 e. The molecule has 0 saturated heterocycles. The van der Waals surface area contributed by atoms with E-state index in [0.29, 0.717) is 13.2 Å². The number of esters is 1. The standard InChI is InChI=1S/C25H36N2O10/c1-4-22(28)34-13-9-32-11-15-36-24(29)26-18-20-7-6-8-21(17-20)19-27-25(30)37-16-12-33-10-14-35-23(5-2)31-3/h4-8,17,23H,1-2,9-16,18-19H2,3H3,(H,26,29)(H,27,30). The SMILES string of the molecule is C=CC(=O)OCCOCCOC(=O)NCc1cccc(CNC(=O)OCCOCCOC(C=C)OC)c1. The van der Waals surface area contributed by atoms with Crippen LogP contribution in [0.3, 0.4) is 0 Å². The van der Waals surface area contributed by atoms with Crippen molar-refractivity contribution in [1.29, 1.82) is 0 Å². The first-order chi connectivity index (χ1) is 18.0. The van der Waals surface area contributed by atoms with Gasteiger partial charge in [0.2, 0.25) is 0 Å². The Kier molecular flexibility index (Phi) is 17.7. The maximum atomic E-state index is 11.8. The number of alkyl carbamates (subject to hydrolysis) is 2. The summed E-state index contributed by atoms with van der Waals surface area (Å²) in [4.78, 5) is 34.5. The van der Waals surface area contributed by atoms with Gasteiger partial charge in [0.25, 0.3) is 0 Å². The van der Waals surface area contributed by atoms with Gasteiger partial charge >= 0.3 is 18.2 Å². The molecule has 0 aliphatic carbocycles. The molecule has 1 unspecified atom stereocenters. The van der Waals surface area contributed by atoms with Gasteiger partial charge in [0.1, 0.15) is 19.8 Å². The molecule has 0 aliphatic heterocycles. The highest BCUT2D eigenvalue weighted by molar-refractivity contribution is 5.81. The van der Waals surface area contributed by atoms with Gasteiger partial charge in [0.05, 0.1) is 33.0 Å². The Morgan fingerprint density at radius 2 is 1.32 bits per heavy atom. The predicted molar refractivity (Wildman–Crippen MR) is 133 cm³/mol. The highest BCUT2D eigenvalue weighted by Crippen LogP contribution is 2.05. The van der Waals surface area contributed by atoms with Gasteiger partial charge in [-0.15, -0.1) is 0 Å². The van der Waals surface area contributed by atoms with Crippen LogP contribution in [0.15, 0.2) is 49.6 Å². The van der Waals surface area contributed by atoms with Crippen LogP contribution in [0.5, 0.6) is 0 Å². The summed E-state index contributed by atoms with van der Waals surface area (Å²) < 4.78 is 35.6. The third-order valence-electron chi connectivity index (χ3n) is 4.36. The van der Waals surface area contributed by atoms with Crippen molar-refractivity contribution in [2.75, 3.05) is 60.0 Å². The molecule has 206 valence electrons. The molecule has 1 atom stereocenters. The van der Waals surface area contributed by atoms with Gasteiger partial charge in [-0.3, -0.25) is 0 Å². The average molecular weight is 525 g/mol. The molecular formula is C25H36N2O10. The lowest BCUT2D eigenvalue weighted by atomic mass is 10.1. The van der Waals surface area contributed by atoms with Crippen LogP contribution in [0, 0.1) is 0 Å². The van der Waals surface area contributed by atoms with Gasteiger partial charge in [-0.1, -0.05) is 37.4 Å². The van der Waals surface area contributed by atoms with Crippen LogP contribution < -0.4 is 10.6 Å². The van der Waals surface area contributed by atoms with Gasteiger partial charge in [-0.25, -0.2) is 14.4 Å². The van der Waals surface area contributed by atoms with E-state index in [0.717, 1.165) is 17.2 Å². The van der Waals surface area contributed by atoms with E-state index in [1.165, 1.54) is 13.2 Å². The summed E-state index contributed by atoms with van der Waals surface area (Å²) in [5.74, 6) is -0.524. The second-order valence-corrected chi connectivity index (χ2v) is 7.11. The van der Waals surface area contributed by atoms with Gasteiger partial charge in [0, 0.05) is 26.3 Å². The summed E-state index contributed by atoms with van der Waals surface area (Å²) in [5.41, 5.74) is 1.66. The van der Waals surface area contributed by atoms with E-state index in [4.69, 9.17) is 33.2 Å². The van der Waals surface area contributed by atoms with Crippen LogP contribution in [0.25, 0.3) is 0 Å². The van der Waals surface area contributed by atoms with Crippen LogP contribution in [-0.2, 0) is 51.0 Å². The highest BCUT2D eigenvalue weighted by Gasteiger charge is 2.06. The second-order valence-electron chi connectivity index (χ2n) is 7.11. The van der Waals surface area contributed by atoms with Crippen LogP contribution in [-0.4, -0.2) is 84.4 Å². The van der Waals surface area contributed by atoms with Crippen molar-refractivity contribution >= 4 is 18.2 Å². The number of methoxy groups -OCH3 is 1. The zero-order chi connectivity index (χ0) is 27.1. The minimum Gasteiger partial charge on any atom is -0.460 e. The predicted octanol–water partition coefficient (Wildman–Crippen LogP) is 2.08. The number of hydrogen-bond acceptors (Lipinski definition) is 10. The quantitative estimate of drug-likeness (QED) is 0.0651. The summed E-state index contributed by atoms with van der Waals surface area (Å²) >= 11 is 0. The van der Waals surface area contributed by atoms with E-state index in [1.807, 2.05) is 24.3 Å². The number of carbonyl (C=O) groups excluding carboxylic acids is 3. The number of nitrogens with one attached hydrogen (secondary N) is 2. The number of amides is 2. The van der Waals surface area contributed by atoms with E-state index in [9.17, 15) is 14.4 Å². The molecule has 0 bridgehead atoms. The number of ether oxygens (including phenoxy) is 7. The van der Waals surface area contributed by atoms with E-state index < -0.39 is 24.4 Å². The van der Waals surface area contributed by atoms with Crippen LogP contribution in [0.4, 0.5) is 9.59 Å². The van der Waals surface area contributed by atoms with Crippen molar-refractivity contribution in [2.45, 2.75) is 19.4 Å². The lowest BCUT2D eigenvalue weighted by Gasteiger charge is -2.12. The molecule has 0 heterocycles. The Bertz CT molecular complexity index is 833. The zero-order valence-electron chi connectivity index (χ0n) is 21.1. The Morgan fingerprint density at radius 3 is 1.81 bits per heavy atom. The molecule has 0 radical (unpaired) electrons. The Labute approximate surface area is 216 Å². The summed E-state index contributed by atoms with van der Waals surface area (Å²) in [7, 11) is 1.51. The molecule has 0 fully saturated rings. The van der Waals surface area contributed by atoms with E-state index in [1.54, 1.807) is 0 Å². The molecule has 0 saturated carbocycles. The number of rotatable bonds is 20. The molecule has 12 heteroatoms. The topological polar surface area (TPSA) is 140 Å². The normalized spacial score (nSPS) is 11.2. The monoisotopic (exact) mass is 524 g/mol. The Balaban J connectivity index is 2.12. The molecule has 1 aromatic rings. The first kappa shape index (κ1) is 31.6. The fraction of sp³-hybridized carbons (Fsp3) is 0.480. The van der Waals surface area contributed by atoms with Gasteiger partial charge < -0.3 is 43.8 Å². The second kappa shape index (κ2) is 20.7. The summed E-state index contributed by atoms with van der Waals surface area (Å²) in [6.07, 6.45) is 0.952. The van der Waals surface area contributed by atoms with Gasteiger partial charge in [0.15, 0.2) is 6.29 Å². The summed E-state index contributed by atoms with van der Waals surface area (Å²) in [6, 6.07) is 7.33. The average Bonchev–Trinajstić information content (AvgIpc) is 2.91. The summed E-state index contributed by atoms with van der Waals surface area (Å²) in [5, 5.41) is 5.29. The molecule has 0 aromatic heterocycles. The van der Waals surface area contributed by atoms with Crippen molar-refractivity contribution < 1.29 is 47.5 Å². The molecule has 1 aromatic carbocycles. The maximum absolute atomic E-state index is 11.8. The van der Waals surface area contributed by atoms with Crippen molar-refractivity contribution in [3.8, 4) is 0 Å².